The van der Waals surface area contributed by atoms with Gasteiger partial charge in [-0.1, -0.05) is 11.6 Å². The van der Waals surface area contributed by atoms with E-state index in [1.165, 1.54) is 4.52 Å². The van der Waals surface area contributed by atoms with Crippen molar-refractivity contribution in [3.8, 4) is 0 Å². The topological polar surface area (TPSA) is 72.2 Å². The van der Waals surface area contributed by atoms with Crippen LogP contribution in [0.4, 0.5) is 4.39 Å². The van der Waals surface area contributed by atoms with Crippen molar-refractivity contribution in [2.45, 2.75) is 12.2 Å². The van der Waals surface area contributed by atoms with Crippen molar-refractivity contribution < 1.29 is 9.18 Å². The molecule has 0 aliphatic heterocycles. The predicted octanol–water partition coefficient (Wildman–Crippen LogP) is 0.275. The van der Waals surface area contributed by atoms with Gasteiger partial charge in [0.25, 0.3) is 11.5 Å². The average Bonchev–Trinajstić information content (AvgIpc) is 2.69. The third kappa shape index (κ3) is 2.08. The second-order valence-electron chi connectivity index (χ2n) is 2.93. The molecule has 0 radical (unpaired) electrons. The van der Waals surface area contributed by atoms with Crippen LogP contribution >= 0.6 is 11.6 Å². The summed E-state index contributed by atoms with van der Waals surface area (Å²) >= 11 is 4.95. The SMILES string of the molecule is O=C(NCc1nnc2cccnn12)C(F)Cl. The van der Waals surface area contributed by atoms with Crippen LogP contribution in [0.25, 0.3) is 5.65 Å². The average molecular weight is 244 g/mol. The highest BCUT2D eigenvalue weighted by Gasteiger charge is 2.14. The zero-order valence-corrected chi connectivity index (χ0v) is 8.73. The predicted molar refractivity (Wildman–Crippen MR) is 53.4 cm³/mol. The first-order valence-corrected chi connectivity index (χ1v) is 4.83. The minimum atomic E-state index is -2.06. The summed E-state index contributed by atoms with van der Waals surface area (Å²) in [5.41, 5.74) is -1.51. The van der Waals surface area contributed by atoms with Gasteiger partial charge in [-0.25, -0.2) is 4.39 Å². The van der Waals surface area contributed by atoms with Crippen molar-refractivity contribution in [3.05, 3.63) is 24.2 Å². The van der Waals surface area contributed by atoms with Crippen molar-refractivity contribution in [2.75, 3.05) is 0 Å². The maximum atomic E-state index is 12.3. The van der Waals surface area contributed by atoms with E-state index in [9.17, 15) is 9.18 Å². The number of fused-ring (bicyclic) bond motifs is 1. The molecule has 2 heterocycles. The summed E-state index contributed by atoms with van der Waals surface area (Å²) in [4.78, 5) is 10.9. The molecule has 0 bridgehead atoms. The standard InChI is InChI=1S/C8H7ClFN5O/c9-7(10)8(16)11-4-6-14-13-5-2-1-3-12-15(5)6/h1-3,7H,4H2,(H,11,16). The van der Waals surface area contributed by atoms with Gasteiger partial charge in [-0.15, -0.1) is 10.2 Å². The lowest BCUT2D eigenvalue weighted by Gasteiger charge is -2.02. The molecule has 2 aromatic heterocycles. The first-order valence-electron chi connectivity index (χ1n) is 4.39. The lowest BCUT2D eigenvalue weighted by atomic mass is 10.5. The largest absolute Gasteiger partial charge is 0.345 e. The molecule has 8 heteroatoms. The molecule has 0 aliphatic rings. The molecule has 84 valence electrons. The molecule has 2 rings (SSSR count). The van der Waals surface area contributed by atoms with Crippen LogP contribution in [-0.4, -0.2) is 31.3 Å². The number of hydrogen-bond donors (Lipinski definition) is 1. The van der Waals surface area contributed by atoms with Gasteiger partial charge in [0.15, 0.2) is 11.5 Å². The fourth-order valence-electron chi connectivity index (χ4n) is 1.14. The van der Waals surface area contributed by atoms with Gasteiger partial charge in [-0.05, 0) is 12.1 Å². The Kier molecular flexibility index (Phi) is 2.95. The van der Waals surface area contributed by atoms with Gasteiger partial charge >= 0.3 is 0 Å². The van der Waals surface area contributed by atoms with Crippen molar-refractivity contribution in [2.24, 2.45) is 0 Å². The van der Waals surface area contributed by atoms with Crippen LogP contribution in [0, 0.1) is 0 Å². The third-order valence-corrected chi connectivity index (χ3v) is 2.06. The van der Waals surface area contributed by atoms with Crippen LogP contribution in [0.3, 0.4) is 0 Å². The number of carbonyl (C=O) groups excluding carboxylic acids is 1. The van der Waals surface area contributed by atoms with Crippen LogP contribution in [0.2, 0.25) is 0 Å². The quantitative estimate of drug-likeness (QED) is 0.786. The second-order valence-corrected chi connectivity index (χ2v) is 3.31. The molecule has 0 aromatic carbocycles. The van der Waals surface area contributed by atoms with E-state index in [0.717, 1.165) is 0 Å². The molecule has 1 amide bonds. The maximum Gasteiger partial charge on any atom is 0.270 e. The summed E-state index contributed by atoms with van der Waals surface area (Å²) in [6.45, 7) is 0.0180. The molecule has 0 aliphatic carbocycles. The number of amides is 1. The Labute approximate surface area is 94.4 Å². The van der Waals surface area contributed by atoms with E-state index in [2.05, 4.69) is 20.6 Å². The maximum absolute atomic E-state index is 12.3. The van der Waals surface area contributed by atoms with E-state index in [4.69, 9.17) is 11.6 Å². The monoisotopic (exact) mass is 243 g/mol. The summed E-state index contributed by atoms with van der Waals surface area (Å²) in [5, 5.41) is 13.9. The molecule has 1 unspecified atom stereocenters. The highest BCUT2D eigenvalue weighted by Crippen LogP contribution is 2.01. The van der Waals surface area contributed by atoms with Crippen molar-refractivity contribution >= 4 is 23.2 Å². The van der Waals surface area contributed by atoms with Gasteiger partial charge in [0.1, 0.15) is 0 Å². The fraction of sp³-hybridized carbons (Fsp3) is 0.250. The minimum absolute atomic E-state index is 0.0180. The van der Waals surface area contributed by atoms with Crippen LogP contribution in [-0.2, 0) is 11.3 Å². The van der Waals surface area contributed by atoms with Crippen LogP contribution in [0.15, 0.2) is 18.3 Å². The van der Waals surface area contributed by atoms with E-state index < -0.39 is 11.5 Å². The smallest absolute Gasteiger partial charge is 0.270 e. The van der Waals surface area contributed by atoms with Gasteiger partial charge in [0.2, 0.25) is 0 Å². The summed E-state index contributed by atoms with van der Waals surface area (Å²) in [6.07, 6.45) is 1.56. The summed E-state index contributed by atoms with van der Waals surface area (Å²) < 4.78 is 13.8. The molecular formula is C8H7ClFN5O. The highest BCUT2D eigenvalue weighted by atomic mass is 35.5. The van der Waals surface area contributed by atoms with Gasteiger partial charge < -0.3 is 5.32 Å². The zero-order chi connectivity index (χ0) is 11.5. The number of alkyl halides is 2. The molecule has 0 saturated carbocycles. The number of carbonyl (C=O) groups is 1. The van der Waals surface area contributed by atoms with E-state index >= 15 is 0 Å². The summed E-state index contributed by atoms with van der Waals surface area (Å²) in [7, 11) is 0. The molecular weight excluding hydrogens is 237 g/mol. The summed E-state index contributed by atoms with van der Waals surface area (Å²) in [5.74, 6) is -0.504. The molecule has 2 aromatic rings. The molecule has 0 fully saturated rings. The Hall–Kier alpha value is -1.76. The third-order valence-electron chi connectivity index (χ3n) is 1.86. The van der Waals surface area contributed by atoms with E-state index in [1.807, 2.05) is 0 Å². The summed E-state index contributed by atoms with van der Waals surface area (Å²) in [6, 6.07) is 3.42. The number of aromatic nitrogens is 4. The Morgan fingerprint density at radius 2 is 2.44 bits per heavy atom. The van der Waals surface area contributed by atoms with Crippen molar-refractivity contribution in [3.63, 3.8) is 0 Å². The van der Waals surface area contributed by atoms with Gasteiger partial charge in [0.05, 0.1) is 6.54 Å². The Morgan fingerprint density at radius 1 is 1.62 bits per heavy atom. The Balaban J connectivity index is 2.13. The van der Waals surface area contributed by atoms with E-state index in [0.29, 0.717) is 11.5 Å². The van der Waals surface area contributed by atoms with Gasteiger partial charge in [0, 0.05) is 6.20 Å². The van der Waals surface area contributed by atoms with E-state index in [-0.39, 0.29) is 6.54 Å². The molecule has 0 spiro atoms. The normalized spacial score (nSPS) is 12.6. The van der Waals surface area contributed by atoms with Gasteiger partial charge in [-0.2, -0.15) is 9.61 Å². The fourth-order valence-corrected chi connectivity index (χ4v) is 1.22. The first-order chi connectivity index (χ1) is 7.68. The van der Waals surface area contributed by atoms with Crippen molar-refractivity contribution in [1.82, 2.24) is 25.1 Å². The lowest BCUT2D eigenvalue weighted by molar-refractivity contribution is -0.123. The van der Waals surface area contributed by atoms with Crippen LogP contribution in [0.5, 0.6) is 0 Å². The Bertz CT molecular complexity index is 514. The lowest BCUT2D eigenvalue weighted by Crippen LogP contribution is -2.29. The van der Waals surface area contributed by atoms with Gasteiger partial charge in [-0.3, -0.25) is 4.79 Å². The Morgan fingerprint density at radius 3 is 3.19 bits per heavy atom. The zero-order valence-electron chi connectivity index (χ0n) is 7.97. The molecule has 16 heavy (non-hydrogen) atoms. The van der Waals surface area contributed by atoms with Crippen LogP contribution < -0.4 is 5.32 Å². The highest BCUT2D eigenvalue weighted by molar-refractivity contribution is 6.29. The molecule has 0 saturated heterocycles. The number of hydrogen-bond acceptors (Lipinski definition) is 4. The molecule has 1 N–H and O–H groups in total. The number of nitrogens with one attached hydrogen (secondary N) is 1. The van der Waals surface area contributed by atoms with Crippen molar-refractivity contribution in [1.29, 1.82) is 0 Å². The van der Waals surface area contributed by atoms with Crippen LogP contribution in [0.1, 0.15) is 5.82 Å². The molecule has 1 atom stereocenters. The first kappa shape index (κ1) is 10.7. The number of nitrogens with zero attached hydrogens (tertiary/aromatic N) is 4. The van der Waals surface area contributed by atoms with E-state index in [1.54, 1.807) is 18.3 Å². The second kappa shape index (κ2) is 4.40. The minimum Gasteiger partial charge on any atom is -0.345 e. The number of rotatable bonds is 3. The number of halogens is 2. The molecule has 6 nitrogen and oxygen atoms in total.